The molecule has 2 nitrogen and oxygen atoms in total. The molecule has 0 aromatic heterocycles. The molecule has 0 aliphatic rings. The fourth-order valence-corrected chi connectivity index (χ4v) is 1.29. The predicted octanol–water partition coefficient (Wildman–Crippen LogP) is 1.78. The number of nitrogens with zero attached hydrogens (tertiary/aromatic N) is 1. The van der Waals surface area contributed by atoms with Gasteiger partial charge in [-0.3, -0.25) is 4.90 Å². The summed E-state index contributed by atoms with van der Waals surface area (Å²) in [4.78, 5) is 1.83. The second kappa shape index (κ2) is 5.19. The van der Waals surface area contributed by atoms with Crippen molar-refractivity contribution in [3.63, 3.8) is 0 Å². The SMILES string of the molecule is CC(CO)N(C)Cc1cc(F)cc(F)c1. The lowest BCUT2D eigenvalue weighted by molar-refractivity contribution is 0.154. The van der Waals surface area contributed by atoms with Crippen molar-refractivity contribution in [3.8, 4) is 0 Å². The maximum absolute atomic E-state index is 12.9. The van der Waals surface area contributed by atoms with Crippen molar-refractivity contribution in [2.24, 2.45) is 0 Å². The van der Waals surface area contributed by atoms with Crippen molar-refractivity contribution >= 4 is 0 Å². The van der Waals surface area contributed by atoms with Crippen molar-refractivity contribution < 1.29 is 13.9 Å². The van der Waals surface area contributed by atoms with E-state index in [1.807, 2.05) is 11.8 Å². The molecule has 0 heterocycles. The summed E-state index contributed by atoms with van der Waals surface area (Å²) in [6, 6.07) is 3.41. The normalized spacial score (nSPS) is 13.2. The van der Waals surface area contributed by atoms with E-state index in [2.05, 4.69) is 0 Å². The molecule has 4 heteroatoms. The van der Waals surface area contributed by atoms with Crippen LogP contribution in [0.1, 0.15) is 12.5 Å². The van der Waals surface area contributed by atoms with Crippen molar-refractivity contribution in [3.05, 3.63) is 35.4 Å². The number of hydrogen-bond acceptors (Lipinski definition) is 2. The van der Waals surface area contributed by atoms with Gasteiger partial charge in [-0.2, -0.15) is 0 Å². The average Bonchev–Trinajstić information content (AvgIpc) is 2.14. The second-order valence-electron chi connectivity index (χ2n) is 3.72. The van der Waals surface area contributed by atoms with E-state index in [0.29, 0.717) is 12.1 Å². The summed E-state index contributed by atoms with van der Waals surface area (Å²) in [5.41, 5.74) is 0.565. The van der Waals surface area contributed by atoms with Crippen LogP contribution in [0.25, 0.3) is 0 Å². The van der Waals surface area contributed by atoms with Crippen LogP contribution in [0.15, 0.2) is 18.2 Å². The Morgan fingerprint density at radius 2 is 1.80 bits per heavy atom. The van der Waals surface area contributed by atoms with E-state index in [1.54, 1.807) is 7.05 Å². The lowest BCUT2D eigenvalue weighted by atomic mass is 10.2. The van der Waals surface area contributed by atoms with E-state index in [-0.39, 0.29) is 12.6 Å². The number of rotatable bonds is 4. The fourth-order valence-electron chi connectivity index (χ4n) is 1.29. The molecule has 1 atom stereocenters. The lowest BCUT2D eigenvalue weighted by Crippen LogP contribution is -2.31. The van der Waals surface area contributed by atoms with Crippen molar-refractivity contribution in [1.82, 2.24) is 4.90 Å². The molecule has 1 N–H and O–H groups in total. The van der Waals surface area contributed by atoms with Gasteiger partial charge in [0.25, 0.3) is 0 Å². The van der Waals surface area contributed by atoms with Crippen molar-refractivity contribution in [2.45, 2.75) is 19.5 Å². The van der Waals surface area contributed by atoms with Gasteiger partial charge in [-0.1, -0.05) is 0 Å². The molecule has 0 saturated heterocycles. The smallest absolute Gasteiger partial charge is 0.126 e. The van der Waals surface area contributed by atoms with Crippen molar-refractivity contribution in [2.75, 3.05) is 13.7 Å². The first-order chi connectivity index (χ1) is 7.02. The fraction of sp³-hybridized carbons (Fsp3) is 0.455. The Balaban J connectivity index is 2.72. The molecular formula is C11H15F2NO. The molecule has 1 unspecified atom stereocenters. The number of benzene rings is 1. The molecule has 0 bridgehead atoms. The standard InChI is InChI=1S/C11H15F2NO/c1-8(7-15)14(2)6-9-3-10(12)5-11(13)4-9/h3-5,8,15H,6-7H2,1-2H3. The first-order valence-corrected chi connectivity index (χ1v) is 4.79. The van der Waals surface area contributed by atoms with Gasteiger partial charge >= 0.3 is 0 Å². The topological polar surface area (TPSA) is 23.5 Å². The van der Waals surface area contributed by atoms with Crippen LogP contribution in [0.2, 0.25) is 0 Å². The van der Waals surface area contributed by atoms with E-state index in [9.17, 15) is 8.78 Å². The van der Waals surface area contributed by atoms with Crippen LogP contribution in [-0.4, -0.2) is 29.7 Å². The highest BCUT2D eigenvalue weighted by atomic mass is 19.1. The number of aliphatic hydroxyl groups excluding tert-OH is 1. The first-order valence-electron chi connectivity index (χ1n) is 4.79. The van der Waals surface area contributed by atoms with E-state index in [4.69, 9.17) is 5.11 Å². The summed E-state index contributed by atoms with van der Waals surface area (Å²) in [7, 11) is 1.80. The van der Waals surface area contributed by atoms with Crippen LogP contribution in [0, 0.1) is 11.6 Å². The maximum atomic E-state index is 12.9. The molecule has 1 aromatic carbocycles. The minimum atomic E-state index is -0.574. The van der Waals surface area contributed by atoms with Crippen molar-refractivity contribution in [1.29, 1.82) is 0 Å². The highest BCUT2D eigenvalue weighted by molar-refractivity contribution is 5.17. The van der Waals surface area contributed by atoms with Gasteiger partial charge in [0, 0.05) is 18.7 Å². The molecule has 0 amide bonds. The zero-order chi connectivity index (χ0) is 11.4. The van der Waals surface area contributed by atoms with Crippen LogP contribution < -0.4 is 0 Å². The largest absolute Gasteiger partial charge is 0.395 e. The van der Waals surface area contributed by atoms with E-state index < -0.39 is 11.6 Å². The Kier molecular flexibility index (Phi) is 4.17. The molecule has 0 aliphatic carbocycles. The van der Waals surface area contributed by atoms with Gasteiger partial charge < -0.3 is 5.11 Å². The molecule has 0 fully saturated rings. The number of likely N-dealkylation sites (N-methyl/N-ethyl adjacent to an activating group) is 1. The molecule has 1 aromatic rings. The molecule has 0 radical (unpaired) electrons. The van der Waals surface area contributed by atoms with Crippen LogP contribution >= 0.6 is 0 Å². The highest BCUT2D eigenvalue weighted by Crippen LogP contribution is 2.11. The van der Waals surface area contributed by atoms with Gasteiger partial charge in [-0.25, -0.2) is 8.78 Å². The Hall–Kier alpha value is -1.00. The zero-order valence-corrected chi connectivity index (χ0v) is 8.87. The van der Waals surface area contributed by atoms with Crippen LogP contribution in [0.3, 0.4) is 0 Å². The first kappa shape index (κ1) is 12.1. The van der Waals surface area contributed by atoms with Crippen LogP contribution in [0.5, 0.6) is 0 Å². The molecular weight excluding hydrogens is 200 g/mol. The number of halogens is 2. The monoisotopic (exact) mass is 215 g/mol. The number of aliphatic hydroxyl groups is 1. The summed E-state index contributed by atoms with van der Waals surface area (Å²) < 4.78 is 25.7. The third-order valence-electron chi connectivity index (χ3n) is 2.37. The van der Waals surface area contributed by atoms with E-state index in [0.717, 1.165) is 6.07 Å². The summed E-state index contributed by atoms with van der Waals surface area (Å²) in [5, 5.41) is 8.90. The summed E-state index contributed by atoms with van der Waals surface area (Å²) in [5.74, 6) is -1.15. The number of hydrogen-bond donors (Lipinski definition) is 1. The Bertz CT molecular complexity index is 310. The molecule has 0 aliphatic heterocycles. The molecule has 0 spiro atoms. The Labute approximate surface area is 88.1 Å². The lowest BCUT2D eigenvalue weighted by Gasteiger charge is -2.22. The maximum Gasteiger partial charge on any atom is 0.126 e. The summed E-state index contributed by atoms with van der Waals surface area (Å²) in [6.45, 7) is 2.28. The molecule has 84 valence electrons. The Morgan fingerprint density at radius 3 is 2.27 bits per heavy atom. The third-order valence-corrected chi connectivity index (χ3v) is 2.37. The highest BCUT2D eigenvalue weighted by Gasteiger charge is 2.09. The van der Waals surface area contributed by atoms with Gasteiger partial charge in [0.2, 0.25) is 0 Å². The molecule has 1 rings (SSSR count). The minimum absolute atomic E-state index is 0.0221. The van der Waals surface area contributed by atoms with Gasteiger partial charge in [0.15, 0.2) is 0 Å². The van der Waals surface area contributed by atoms with Gasteiger partial charge in [0.05, 0.1) is 6.61 Å². The van der Waals surface area contributed by atoms with Crippen LogP contribution in [-0.2, 0) is 6.54 Å². The average molecular weight is 215 g/mol. The predicted molar refractivity (Wildman–Crippen MR) is 54.4 cm³/mol. The van der Waals surface area contributed by atoms with E-state index >= 15 is 0 Å². The molecule has 15 heavy (non-hydrogen) atoms. The molecule has 0 saturated carbocycles. The quantitative estimate of drug-likeness (QED) is 0.827. The van der Waals surface area contributed by atoms with Gasteiger partial charge in [0.1, 0.15) is 11.6 Å². The summed E-state index contributed by atoms with van der Waals surface area (Å²) >= 11 is 0. The summed E-state index contributed by atoms with van der Waals surface area (Å²) in [6.07, 6.45) is 0. The van der Waals surface area contributed by atoms with Gasteiger partial charge in [-0.15, -0.1) is 0 Å². The minimum Gasteiger partial charge on any atom is -0.395 e. The second-order valence-corrected chi connectivity index (χ2v) is 3.72. The van der Waals surface area contributed by atoms with E-state index in [1.165, 1.54) is 12.1 Å². The van der Waals surface area contributed by atoms with Crippen LogP contribution in [0.4, 0.5) is 8.78 Å². The Morgan fingerprint density at radius 1 is 1.27 bits per heavy atom. The van der Waals surface area contributed by atoms with Gasteiger partial charge in [-0.05, 0) is 31.7 Å². The zero-order valence-electron chi connectivity index (χ0n) is 8.87. The third kappa shape index (κ3) is 3.57.